The van der Waals surface area contributed by atoms with Gasteiger partial charge in [-0.1, -0.05) is 35.5 Å². The Labute approximate surface area is 210 Å². The van der Waals surface area contributed by atoms with Gasteiger partial charge < -0.3 is 14.8 Å². The lowest BCUT2D eigenvalue weighted by Crippen LogP contribution is -2.14. The Morgan fingerprint density at radius 1 is 1.06 bits per heavy atom. The zero-order valence-electron chi connectivity index (χ0n) is 18.7. The van der Waals surface area contributed by atoms with Crippen LogP contribution in [0.25, 0.3) is 21.1 Å². The van der Waals surface area contributed by atoms with Crippen molar-refractivity contribution in [2.45, 2.75) is 11.9 Å². The van der Waals surface area contributed by atoms with E-state index < -0.39 is 0 Å². The first kappa shape index (κ1) is 24.0. The normalized spacial score (nSPS) is 10.7. The molecule has 0 aliphatic rings. The highest BCUT2D eigenvalue weighted by Crippen LogP contribution is 2.38. The molecule has 0 fully saturated rings. The van der Waals surface area contributed by atoms with E-state index in [1.807, 2.05) is 43.3 Å². The molecule has 10 heteroatoms. The second-order valence-electron chi connectivity index (χ2n) is 7.07. The number of aryl methyl sites for hydroxylation is 1. The Hall–Kier alpha value is -3.14. The van der Waals surface area contributed by atoms with Crippen LogP contribution in [0.5, 0.6) is 11.5 Å². The number of benzene rings is 2. The zero-order chi connectivity index (χ0) is 24.1. The van der Waals surface area contributed by atoms with E-state index >= 15 is 0 Å². The van der Waals surface area contributed by atoms with E-state index in [1.54, 1.807) is 25.3 Å². The summed E-state index contributed by atoms with van der Waals surface area (Å²) in [6.45, 7) is 1.95. The third-order valence-electron chi connectivity index (χ3n) is 4.79. The Morgan fingerprint density at radius 3 is 2.59 bits per heavy atom. The van der Waals surface area contributed by atoms with Crippen molar-refractivity contribution in [1.29, 1.82) is 0 Å². The van der Waals surface area contributed by atoms with Crippen molar-refractivity contribution < 1.29 is 14.3 Å². The minimum Gasteiger partial charge on any atom is -0.496 e. The lowest BCUT2D eigenvalue weighted by molar-refractivity contribution is -0.113. The van der Waals surface area contributed by atoms with Crippen LogP contribution >= 0.6 is 34.7 Å². The Bertz CT molecular complexity index is 1310. The van der Waals surface area contributed by atoms with Gasteiger partial charge in [-0.25, -0.2) is 4.98 Å². The summed E-state index contributed by atoms with van der Waals surface area (Å²) in [6.07, 6.45) is 0. The molecule has 2 heterocycles. The standard InChI is InChI=1S/C24H21ClN4O3S2/c1-14-23(34-24(26-14)16-6-4-5-7-19(16)31-2)17-9-11-22(29-28-17)33-13-21(30)27-18-12-15(25)8-10-20(18)32-3/h4-12H,13H2,1-3H3,(H,27,30). The third-order valence-corrected chi connectivity index (χ3v) is 7.16. The molecule has 4 aromatic rings. The van der Waals surface area contributed by atoms with Crippen LogP contribution in [0.2, 0.25) is 5.02 Å². The van der Waals surface area contributed by atoms with Gasteiger partial charge in [0.25, 0.3) is 0 Å². The number of anilines is 1. The van der Waals surface area contributed by atoms with Gasteiger partial charge in [-0.05, 0) is 49.4 Å². The van der Waals surface area contributed by atoms with E-state index in [0.29, 0.717) is 21.5 Å². The van der Waals surface area contributed by atoms with E-state index in [4.69, 9.17) is 26.1 Å². The summed E-state index contributed by atoms with van der Waals surface area (Å²) in [6, 6.07) is 16.6. The van der Waals surface area contributed by atoms with Gasteiger partial charge >= 0.3 is 0 Å². The molecular weight excluding hydrogens is 492 g/mol. The van der Waals surface area contributed by atoms with Crippen LogP contribution in [-0.4, -0.2) is 41.1 Å². The minimum absolute atomic E-state index is 0.168. The molecule has 0 saturated carbocycles. The fourth-order valence-corrected chi connectivity index (χ4v) is 5.04. The Kier molecular flexibility index (Phi) is 7.66. The van der Waals surface area contributed by atoms with Gasteiger partial charge in [-0.15, -0.1) is 21.5 Å². The number of amides is 1. The quantitative estimate of drug-likeness (QED) is 0.291. The highest BCUT2D eigenvalue weighted by molar-refractivity contribution is 7.99. The van der Waals surface area contributed by atoms with E-state index in [9.17, 15) is 4.79 Å². The van der Waals surface area contributed by atoms with E-state index in [2.05, 4.69) is 15.5 Å². The molecule has 2 aromatic heterocycles. The highest BCUT2D eigenvalue weighted by atomic mass is 35.5. The number of ether oxygens (including phenoxy) is 2. The average Bonchev–Trinajstić information content (AvgIpc) is 3.24. The second kappa shape index (κ2) is 10.9. The monoisotopic (exact) mass is 512 g/mol. The number of carbonyl (C=O) groups excluding carboxylic acids is 1. The van der Waals surface area contributed by atoms with Crippen molar-refractivity contribution in [2.75, 3.05) is 25.3 Å². The third kappa shape index (κ3) is 5.49. The number of thiazole rings is 1. The molecule has 34 heavy (non-hydrogen) atoms. The number of hydrogen-bond donors (Lipinski definition) is 1. The first-order chi connectivity index (χ1) is 16.5. The Morgan fingerprint density at radius 2 is 1.85 bits per heavy atom. The minimum atomic E-state index is -0.198. The zero-order valence-corrected chi connectivity index (χ0v) is 21.1. The maximum absolute atomic E-state index is 12.4. The van der Waals surface area contributed by atoms with Crippen LogP contribution in [0.15, 0.2) is 59.6 Å². The molecule has 0 aliphatic heterocycles. The predicted octanol–water partition coefficient (Wildman–Crippen LogP) is 5.98. The molecule has 0 saturated heterocycles. The fraction of sp³-hybridized carbons (Fsp3) is 0.167. The molecule has 174 valence electrons. The number of thioether (sulfide) groups is 1. The summed E-state index contributed by atoms with van der Waals surface area (Å²) in [5.74, 6) is 1.28. The van der Waals surface area contributed by atoms with Gasteiger partial charge in [0.2, 0.25) is 5.91 Å². The van der Waals surface area contributed by atoms with Crippen LogP contribution in [0.4, 0.5) is 5.69 Å². The summed E-state index contributed by atoms with van der Waals surface area (Å²) in [4.78, 5) is 18.0. The fourth-order valence-electron chi connectivity index (χ4n) is 3.19. The number of hydrogen-bond acceptors (Lipinski definition) is 8. The van der Waals surface area contributed by atoms with Gasteiger partial charge in [0.1, 0.15) is 27.2 Å². The summed E-state index contributed by atoms with van der Waals surface area (Å²) >= 11 is 8.85. The molecule has 1 amide bonds. The first-order valence-electron chi connectivity index (χ1n) is 10.2. The highest BCUT2D eigenvalue weighted by Gasteiger charge is 2.16. The maximum atomic E-state index is 12.4. The SMILES string of the molecule is COc1ccc(Cl)cc1NC(=O)CSc1ccc(-c2sc(-c3ccccc3OC)nc2C)nn1. The number of para-hydroxylation sites is 1. The molecule has 0 aliphatic carbocycles. The molecule has 0 unspecified atom stereocenters. The van der Waals surface area contributed by atoms with Crippen molar-refractivity contribution in [2.24, 2.45) is 0 Å². The van der Waals surface area contributed by atoms with Crippen LogP contribution in [-0.2, 0) is 4.79 Å². The van der Waals surface area contributed by atoms with Gasteiger partial charge in [0, 0.05) is 5.02 Å². The van der Waals surface area contributed by atoms with E-state index in [0.717, 1.165) is 32.6 Å². The smallest absolute Gasteiger partial charge is 0.234 e. The van der Waals surface area contributed by atoms with Gasteiger partial charge in [0.05, 0.1) is 41.8 Å². The lowest BCUT2D eigenvalue weighted by Gasteiger charge is -2.10. The maximum Gasteiger partial charge on any atom is 0.234 e. The van der Waals surface area contributed by atoms with Crippen LogP contribution in [0, 0.1) is 6.92 Å². The van der Waals surface area contributed by atoms with Gasteiger partial charge in [0.15, 0.2) is 0 Å². The van der Waals surface area contributed by atoms with Crippen LogP contribution in [0.1, 0.15) is 5.69 Å². The number of nitrogens with zero attached hydrogens (tertiary/aromatic N) is 3. The number of rotatable bonds is 8. The van der Waals surface area contributed by atoms with Crippen molar-refractivity contribution in [3.8, 4) is 32.6 Å². The molecule has 0 spiro atoms. The number of carbonyl (C=O) groups is 1. The van der Waals surface area contributed by atoms with E-state index in [-0.39, 0.29) is 11.7 Å². The van der Waals surface area contributed by atoms with Crippen LogP contribution < -0.4 is 14.8 Å². The number of nitrogens with one attached hydrogen (secondary N) is 1. The largest absolute Gasteiger partial charge is 0.496 e. The summed E-state index contributed by atoms with van der Waals surface area (Å²) in [7, 11) is 3.18. The van der Waals surface area contributed by atoms with Gasteiger partial charge in [-0.3, -0.25) is 4.79 Å². The second-order valence-corrected chi connectivity index (χ2v) is 9.50. The first-order valence-corrected chi connectivity index (χ1v) is 12.4. The van der Waals surface area contributed by atoms with Crippen molar-refractivity contribution in [1.82, 2.24) is 15.2 Å². The lowest BCUT2D eigenvalue weighted by atomic mass is 10.2. The van der Waals surface area contributed by atoms with Gasteiger partial charge in [-0.2, -0.15) is 0 Å². The van der Waals surface area contributed by atoms with E-state index in [1.165, 1.54) is 30.2 Å². The molecule has 0 atom stereocenters. The molecule has 4 rings (SSSR count). The Balaban J connectivity index is 1.43. The molecule has 1 N–H and O–H groups in total. The summed E-state index contributed by atoms with van der Waals surface area (Å²) in [5, 5.41) is 13.5. The average molecular weight is 513 g/mol. The van der Waals surface area contributed by atoms with Crippen molar-refractivity contribution in [3.63, 3.8) is 0 Å². The molecule has 0 bridgehead atoms. The number of halogens is 1. The number of methoxy groups -OCH3 is 2. The molecular formula is C24H21ClN4O3S2. The molecule has 2 aromatic carbocycles. The summed E-state index contributed by atoms with van der Waals surface area (Å²) < 4.78 is 10.7. The number of aromatic nitrogens is 3. The topological polar surface area (TPSA) is 86.2 Å². The predicted molar refractivity (Wildman–Crippen MR) is 137 cm³/mol. The van der Waals surface area contributed by atoms with Crippen molar-refractivity contribution in [3.05, 3.63) is 65.3 Å². The van der Waals surface area contributed by atoms with Crippen molar-refractivity contribution >= 4 is 46.3 Å². The molecule has 0 radical (unpaired) electrons. The summed E-state index contributed by atoms with van der Waals surface area (Å²) in [5.41, 5.74) is 3.06. The molecule has 7 nitrogen and oxygen atoms in total. The van der Waals surface area contributed by atoms with Crippen LogP contribution in [0.3, 0.4) is 0 Å².